The summed E-state index contributed by atoms with van der Waals surface area (Å²) < 4.78 is 3.44. The quantitative estimate of drug-likeness (QED) is 0.718. The molecule has 0 aromatic carbocycles. The third kappa shape index (κ3) is 2.47. The van der Waals surface area contributed by atoms with Crippen LogP contribution in [0, 0.1) is 0 Å². The van der Waals surface area contributed by atoms with Gasteiger partial charge >= 0.3 is 75.8 Å². The second-order valence-corrected chi connectivity index (χ2v) is 7.13. The van der Waals surface area contributed by atoms with Gasteiger partial charge in [-0.1, -0.05) is 0 Å². The van der Waals surface area contributed by atoms with Gasteiger partial charge in [-0.2, -0.15) is 0 Å². The molecule has 12 heavy (non-hydrogen) atoms. The molecule has 0 unspecified atom stereocenters. The van der Waals surface area contributed by atoms with E-state index in [1.54, 1.807) is 7.93 Å². The van der Waals surface area contributed by atoms with Crippen LogP contribution in [0.15, 0.2) is 44.4 Å². The molecule has 2 heteroatoms. The fraction of sp³-hybridized carbons (Fsp3) is 0.200. The van der Waals surface area contributed by atoms with Gasteiger partial charge in [0.2, 0.25) is 0 Å². The van der Waals surface area contributed by atoms with Gasteiger partial charge in [-0.3, -0.25) is 0 Å². The molecule has 0 heterocycles. The van der Waals surface area contributed by atoms with Crippen molar-refractivity contribution in [1.82, 2.24) is 0 Å². The molecule has 0 aliphatic heterocycles. The van der Waals surface area contributed by atoms with Crippen molar-refractivity contribution in [2.24, 2.45) is 0 Å². The Morgan fingerprint density at radius 2 is 1.42 bits per heavy atom. The average Bonchev–Trinajstić information content (AvgIpc) is 2.60. The maximum atomic E-state index is 2.31. The van der Waals surface area contributed by atoms with Crippen LogP contribution in [0.2, 0.25) is 0 Å². The molecular formula is C10H11ClW. The summed E-state index contributed by atoms with van der Waals surface area (Å²) in [6.07, 6.45) is 16.0. The van der Waals surface area contributed by atoms with Crippen molar-refractivity contribution in [3.8, 4) is 0 Å². The Morgan fingerprint density at radius 1 is 0.917 bits per heavy atom. The molecule has 0 fully saturated rings. The van der Waals surface area contributed by atoms with Gasteiger partial charge < -0.3 is 0 Å². The molecule has 0 saturated carbocycles. The van der Waals surface area contributed by atoms with Gasteiger partial charge in [-0.05, 0) is 0 Å². The van der Waals surface area contributed by atoms with Crippen LogP contribution in [-0.4, -0.2) is 0 Å². The van der Waals surface area contributed by atoms with E-state index >= 15 is 0 Å². The predicted molar refractivity (Wildman–Crippen MR) is 50.9 cm³/mol. The minimum atomic E-state index is -0.282. The molecule has 0 spiro atoms. The second kappa shape index (κ2) is 4.84. The van der Waals surface area contributed by atoms with Crippen LogP contribution in [0.3, 0.4) is 0 Å². The summed E-state index contributed by atoms with van der Waals surface area (Å²) >= 11 is -0.282. The minimum absolute atomic E-state index is 0. The van der Waals surface area contributed by atoms with Gasteiger partial charge in [0, 0.05) is 0 Å². The Kier molecular flexibility index (Phi) is 4.04. The van der Waals surface area contributed by atoms with Crippen molar-refractivity contribution in [3.63, 3.8) is 0 Å². The third-order valence-corrected chi connectivity index (χ3v) is 5.80. The fourth-order valence-corrected chi connectivity index (χ4v) is 4.73. The Labute approximate surface area is 88.1 Å². The normalized spacial score (nSPS) is 19.0. The first-order chi connectivity index (χ1) is 5.45. The SMILES string of the molecule is C1=CC[C]([W][C]2=CC=CC2)=C1.Cl. The van der Waals surface area contributed by atoms with E-state index in [1.807, 2.05) is 0 Å². The summed E-state index contributed by atoms with van der Waals surface area (Å²) in [6.45, 7) is 0. The maximum Gasteiger partial charge on any atom is -0.147 e. The summed E-state index contributed by atoms with van der Waals surface area (Å²) in [7, 11) is 0. The molecule has 0 bridgehead atoms. The molecule has 64 valence electrons. The first-order valence-corrected chi connectivity index (χ1v) is 6.78. The van der Waals surface area contributed by atoms with Gasteiger partial charge in [0.15, 0.2) is 0 Å². The third-order valence-electron chi connectivity index (χ3n) is 1.74. The van der Waals surface area contributed by atoms with Gasteiger partial charge in [-0.25, -0.2) is 0 Å². The Balaban J connectivity index is 0.000000720. The molecular weight excluding hydrogens is 339 g/mol. The van der Waals surface area contributed by atoms with Crippen molar-refractivity contribution in [2.45, 2.75) is 12.8 Å². The van der Waals surface area contributed by atoms with Crippen LogP contribution in [0.4, 0.5) is 0 Å². The van der Waals surface area contributed by atoms with E-state index in [0.29, 0.717) is 0 Å². The van der Waals surface area contributed by atoms with E-state index in [0.717, 1.165) is 0 Å². The van der Waals surface area contributed by atoms with Gasteiger partial charge in [-0.15, -0.1) is 12.4 Å². The van der Waals surface area contributed by atoms with E-state index in [4.69, 9.17) is 0 Å². The van der Waals surface area contributed by atoms with Crippen molar-refractivity contribution in [2.75, 3.05) is 0 Å². The molecule has 0 saturated heterocycles. The molecule has 0 radical (unpaired) electrons. The number of hydrogen-bond donors (Lipinski definition) is 0. The molecule has 0 aromatic heterocycles. The van der Waals surface area contributed by atoms with Crippen LogP contribution < -0.4 is 0 Å². The number of halogens is 1. The van der Waals surface area contributed by atoms with E-state index < -0.39 is 0 Å². The zero-order valence-corrected chi connectivity index (χ0v) is 10.4. The smallest absolute Gasteiger partial charge is 0.147 e. The maximum absolute atomic E-state index is 2.31. The first-order valence-electron chi connectivity index (χ1n) is 3.84. The first kappa shape index (κ1) is 10.0. The number of rotatable bonds is 2. The van der Waals surface area contributed by atoms with E-state index in [1.165, 1.54) is 12.8 Å². The van der Waals surface area contributed by atoms with Gasteiger partial charge in [0.05, 0.1) is 0 Å². The Morgan fingerprint density at radius 3 is 1.75 bits per heavy atom. The van der Waals surface area contributed by atoms with Gasteiger partial charge in [0.25, 0.3) is 0 Å². The molecule has 0 atom stereocenters. The molecule has 2 rings (SSSR count). The van der Waals surface area contributed by atoms with Gasteiger partial charge in [0.1, 0.15) is 0 Å². The van der Waals surface area contributed by atoms with Crippen molar-refractivity contribution >= 4 is 12.4 Å². The molecule has 0 aromatic rings. The van der Waals surface area contributed by atoms with Crippen molar-refractivity contribution in [1.29, 1.82) is 0 Å². The predicted octanol–water partition coefficient (Wildman–Crippen LogP) is 3.18. The zero-order chi connectivity index (χ0) is 7.52. The van der Waals surface area contributed by atoms with E-state index in [9.17, 15) is 0 Å². The van der Waals surface area contributed by atoms with Crippen molar-refractivity contribution in [3.05, 3.63) is 44.4 Å². The summed E-state index contributed by atoms with van der Waals surface area (Å²) in [5, 5.41) is 0. The molecule has 2 aliphatic rings. The molecule has 2 aliphatic carbocycles. The number of allylic oxidation sites excluding steroid dienone is 8. The Bertz CT molecular complexity index is 244. The largest absolute Gasteiger partial charge is 0.147 e. The monoisotopic (exact) mass is 350 g/mol. The van der Waals surface area contributed by atoms with E-state index in [2.05, 4.69) is 36.5 Å². The summed E-state index contributed by atoms with van der Waals surface area (Å²) in [6, 6.07) is 0. The van der Waals surface area contributed by atoms with Crippen LogP contribution in [0.5, 0.6) is 0 Å². The fourth-order valence-electron chi connectivity index (χ4n) is 1.17. The van der Waals surface area contributed by atoms with E-state index in [-0.39, 0.29) is 31.0 Å². The van der Waals surface area contributed by atoms with Crippen LogP contribution in [-0.2, 0) is 18.6 Å². The summed E-state index contributed by atoms with van der Waals surface area (Å²) in [5.74, 6) is 0. The summed E-state index contributed by atoms with van der Waals surface area (Å²) in [4.78, 5) is 0. The minimum Gasteiger partial charge on any atom is -0.147 e. The van der Waals surface area contributed by atoms with Crippen LogP contribution in [0.25, 0.3) is 0 Å². The summed E-state index contributed by atoms with van der Waals surface area (Å²) in [5.41, 5.74) is 0. The van der Waals surface area contributed by atoms with Crippen molar-refractivity contribution < 1.29 is 18.6 Å². The average molecular weight is 350 g/mol. The van der Waals surface area contributed by atoms with Crippen LogP contribution >= 0.6 is 12.4 Å². The molecule has 0 N–H and O–H groups in total. The molecule has 0 nitrogen and oxygen atoms in total. The number of hydrogen-bond acceptors (Lipinski definition) is 0. The standard InChI is InChI=1S/2C5H5.ClH.W/c2*1-2-4-5-3-1;;/h2*1-3H,4H2;1H;. The second-order valence-electron chi connectivity index (χ2n) is 2.63. The molecule has 0 amide bonds. The van der Waals surface area contributed by atoms with Crippen LogP contribution in [0.1, 0.15) is 12.8 Å². The zero-order valence-electron chi connectivity index (χ0n) is 6.69. The topological polar surface area (TPSA) is 0 Å². The Hall–Kier alpha value is -0.0617.